The summed E-state index contributed by atoms with van der Waals surface area (Å²) in [7, 11) is 0. The molecule has 2 aliphatic carbocycles. The van der Waals surface area contributed by atoms with Gasteiger partial charge < -0.3 is 14.5 Å². The van der Waals surface area contributed by atoms with Gasteiger partial charge in [-0.15, -0.1) is 0 Å². The second-order valence-corrected chi connectivity index (χ2v) is 12.8. The Morgan fingerprint density at radius 1 is 1.00 bits per heavy atom. The van der Waals surface area contributed by atoms with Gasteiger partial charge in [-0.2, -0.15) is 8.78 Å². The van der Waals surface area contributed by atoms with Crippen molar-refractivity contribution in [1.82, 2.24) is 9.97 Å². The van der Waals surface area contributed by atoms with E-state index in [1.165, 1.54) is 52.4 Å². The summed E-state index contributed by atoms with van der Waals surface area (Å²) < 4.78 is 36.0. The Hall–Kier alpha value is -3.58. The van der Waals surface area contributed by atoms with E-state index in [1.807, 2.05) is 6.20 Å². The molecule has 0 saturated heterocycles. The maximum atomic E-state index is 12.5. The number of aromatic amines is 1. The Morgan fingerprint density at radius 3 is 2.76 bits per heavy atom. The molecule has 7 heteroatoms. The fourth-order valence-electron chi connectivity index (χ4n) is 7.82. The van der Waals surface area contributed by atoms with Crippen LogP contribution in [0.15, 0.2) is 53.7 Å². The fourth-order valence-corrected chi connectivity index (χ4v) is 7.82. The number of rotatable bonds is 6. The quantitative estimate of drug-likeness (QED) is 0.253. The van der Waals surface area contributed by atoms with Crippen LogP contribution in [-0.2, 0) is 17.8 Å². The van der Waals surface area contributed by atoms with Crippen LogP contribution in [0.4, 0.5) is 14.5 Å². The molecule has 1 aromatic heterocycles. The summed E-state index contributed by atoms with van der Waals surface area (Å²) in [4.78, 5) is 13.4. The molecular weight excluding hydrogens is 532 g/mol. The number of hydrogen-bond acceptors (Lipinski definition) is 4. The molecule has 0 spiro atoms. The van der Waals surface area contributed by atoms with Gasteiger partial charge in [-0.05, 0) is 114 Å². The highest BCUT2D eigenvalue weighted by Crippen LogP contribution is 2.46. The van der Waals surface area contributed by atoms with Crippen molar-refractivity contribution >= 4 is 22.2 Å². The highest BCUT2D eigenvalue weighted by Gasteiger charge is 2.32. The second kappa shape index (κ2) is 10.3. The number of halogens is 2. The lowest BCUT2D eigenvalue weighted by atomic mass is 9.90. The van der Waals surface area contributed by atoms with Gasteiger partial charge in [-0.1, -0.05) is 25.1 Å². The van der Waals surface area contributed by atoms with E-state index in [4.69, 9.17) is 14.7 Å². The van der Waals surface area contributed by atoms with Crippen LogP contribution >= 0.6 is 0 Å². The van der Waals surface area contributed by atoms with Gasteiger partial charge in [0.2, 0.25) is 0 Å². The number of imidazole rings is 1. The van der Waals surface area contributed by atoms with Crippen molar-refractivity contribution in [3.63, 3.8) is 0 Å². The number of benzene rings is 3. The highest BCUT2D eigenvalue weighted by atomic mass is 19.3. The Bertz CT molecular complexity index is 1710. The zero-order valence-electron chi connectivity index (χ0n) is 23.8. The largest absolute Gasteiger partial charge is 0.488 e. The average molecular weight is 568 g/mol. The first-order valence-corrected chi connectivity index (χ1v) is 15.4. The van der Waals surface area contributed by atoms with E-state index in [0.29, 0.717) is 18.4 Å². The summed E-state index contributed by atoms with van der Waals surface area (Å²) in [6.07, 6.45) is 9.27. The summed E-state index contributed by atoms with van der Waals surface area (Å²) >= 11 is 0. The van der Waals surface area contributed by atoms with Crippen LogP contribution in [0.25, 0.3) is 33.2 Å². The van der Waals surface area contributed by atoms with Crippen LogP contribution < -0.4 is 4.74 Å². The van der Waals surface area contributed by atoms with Crippen LogP contribution in [0, 0.1) is 17.8 Å². The molecule has 2 saturated carbocycles. The summed E-state index contributed by atoms with van der Waals surface area (Å²) in [6.45, 7) is 0.300. The van der Waals surface area contributed by atoms with Gasteiger partial charge in [0.1, 0.15) is 18.2 Å². The molecule has 4 aromatic rings. The topological polar surface area (TPSA) is 59.5 Å². The summed E-state index contributed by atoms with van der Waals surface area (Å²) in [5.74, 6) is 3.86. The number of nitrogens with one attached hydrogen (secondary N) is 1. The predicted octanol–water partition coefficient (Wildman–Crippen LogP) is 8.98. The minimum absolute atomic E-state index is 0.131. The van der Waals surface area contributed by atoms with Crippen molar-refractivity contribution in [3.8, 4) is 28.1 Å². The van der Waals surface area contributed by atoms with Gasteiger partial charge in [0.15, 0.2) is 0 Å². The first-order valence-electron chi connectivity index (χ1n) is 15.4. The second-order valence-electron chi connectivity index (χ2n) is 12.8. The Morgan fingerprint density at radius 2 is 1.90 bits per heavy atom. The van der Waals surface area contributed by atoms with E-state index in [2.05, 4.69) is 59.1 Å². The zero-order valence-corrected chi connectivity index (χ0v) is 23.8. The van der Waals surface area contributed by atoms with Gasteiger partial charge in [0.25, 0.3) is 0 Å². The monoisotopic (exact) mass is 567 g/mol. The minimum atomic E-state index is -2.69. The molecular formula is C35H35F2N3O2. The van der Waals surface area contributed by atoms with E-state index in [1.54, 1.807) is 0 Å². The molecule has 0 amide bonds. The number of nitrogens with zero attached hydrogens (tertiary/aromatic N) is 2. The van der Waals surface area contributed by atoms with Crippen molar-refractivity contribution in [2.24, 2.45) is 22.7 Å². The van der Waals surface area contributed by atoms with Gasteiger partial charge in [0.05, 0.1) is 24.2 Å². The number of aromatic nitrogens is 2. The van der Waals surface area contributed by atoms with Crippen molar-refractivity contribution in [1.29, 1.82) is 0 Å². The van der Waals surface area contributed by atoms with Crippen LogP contribution in [0.3, 0.4) is 0 Å². The first-order chi connectivity index (χ1) is 20.5. The normalized spacial score (nSPS) is 24.5. The molecule has 3 heterocycles. The Kier molecular flexibility index (Phi) is 6.39. The van der Waals surface area contributed by atoms with Crippen LogP contribution in [0.1, 0.15) is 68.3 Å². The van der Waals surface area contributed by atoms with E-state index in [0.717, 1.165) is 65.7 Å². The Labute approximate surface area is 244 Å². The average Bonchev–Trinajstić information content (AvgIpc) is 3.80. The van der Waals surface area contributed by atoms with E-state index >= 15 is 0 Å². The molecule has 2 fully saturated rings. The number of fused-ring (bicyclic) bond motifs is 6. The summed E-state index contributed by atoms with van der Waals surface area (Å²) in [5.41, 5.74) is 9.18. The number of ether oxygens (including phenoxy) is 2. The van der Waals surface area contributed by atoms with Gasteiger partial charge >= 0.3 is 6.61 Å². The molecule has 216 valence electrons. The molecule has 3 aromatic carbocycles. The lowest BCUT2D eigenvalue weighted by Crippen LogP contribution is -2.14. The van der Waals surface area contributed by atoms with E-state index < -0.39 is 6.61 Å². The molecule has 4 aliphatic rings. The highest BCUT2D eigenvalue weighted by molar-refractivity contribution is 6.04. The number of aliphatic imine (C=N–C) groups is 1. The van der Waals surface area contributed by atoms with Gasteiger partial charge in [0, 0.05) is 23.6 Å². The lowest BCUT2D eigenvalue weighted by Gasteiger charge is -2.22. The maximum absolute atomic E-state index is 12.5. The molecule has 2 aliphatic heterocycles. The number of alkyl halides is 2. The lowest BCUT2D eigenvalue weighted by molar-refractivity contribution is -0.137. The van der Waals surface area contributed by atoms with Crippen molar-refractivity contribution in [3.05, 3.63) is 65.6 Å². The molecule has 4 atom stereocenters. The van der Waals surface area contributed by atoms with Gasteiger partial charge in [-0.25, -0.2) is 4.98 Å². The van der Waals surface area contributed by atoms with E-state index in [9.17, 15) is 8.78 Å². The molecule has 0 radical (unpaired) electrons. The molecule has 5 nitrogen and oxygen atoms in total. The van der Waals surface area contributed by atoms with Crippen LogP contribution in [-0.4, -0.2) is 28.9 Å². The maximum Gasteiger partial charge on any atom is 0.345 e. The van der Waals surface area contributed by atoms with Gasteiger partial charge in [-0.3, -0.25) is 4.99 Å². The molecule has 0 unspecified atom stereocenters. The minimum Gasteiger partial charge on any atom is -0.488 e. The Balaban J connectivity index is 1.03. The summed E-state index contributed by atoms with van der Waals surface area (Å²) in [6, 6.07) is 15.4. The standard InChI is InChI=1S/C35H35F2N3O2/c1-19-2-4-24(10-19)34-38-16-32(40-34)23-6-8-26-25(12-23)18-41-33-15-27-21(13-29(26)33)7-9-30-28(27)14-31(39-30)22-5-3-20(11-22)17-42-35(36)37/h6-9,12-13,15-16,19-20,22,24,35H,2-5,10-11,14,17-18H2,1H3,(H,38,40)/t19-,20+,22-,24+/m0/s1. The smallest absolute Gasteiger partial charge is 0.345 e. The fraction of sp³-hybridized carbons (Fsp3) is 0.429. The van der Waals surface area contributed by atoms with Crippen molar-refractivity contribution < 1.29 is 18.3 Å². The third kappa shape index (κ3) is 4.62. The van der Waals surface area contributed by atoms with Crippen molar-refractivity contribution in [2.45, 2.75) is 71.0 Å². The first kappa shape index (κ1) is 26.1. The molecule has 1 N–H and O–H groups in total. The third-order valence-corrected chi connectivity index (χ3v) is 10.1. The van der Waals surface area contributed by atoms with Crippen LogP contribution in [0.2, 0.25) is 0 Å². The predicted molar refractivity (Wildman–Crippen MR) is 161 cm³/mol. The van der Waals surface area contributed by atoms with Crippen LogP contribution in [0.5, 0.6) is 5.75 Å². The third-order valence-electron chi connectivity index (χ3n) is 10.1. The molecule has 0 bridgehead atoms. The SMILES string of the molecule is C[C@H]1CC[C@@H](c2ncc(-c3ccc4c(c3)COc3cc5c6c(ccc5cc3-4)N=C([C@H]3CC[C@@H](COC(F)F)C3)C6)[nH]2)C1. The number of H-pyrrole nitrogens is 1. The summed E-state index contributed by atoms with van der Waals surface area (Å²) in [5, 5.41) is 2.37. The van der Waals surface area contributed by atoms with Crippen molar-refractivity contribution in [2.75, 3.05) is 6.61 Å². The zero-order chi connectivity index (χ0) is 28.4. The molecule has 42 heavy (non-hydrogen) atoms. The van der Waals surface area contributed by atoms with E-state index in [-0.39, 0.29) is 12.5 Å². The molecule has 8 rings (SSSR count). The number of hydrogen-bond donors (Lipinski definition) is 1.